The second-order valence-electron chi connectivity index (χ2n) is 11.3. The van der Waals surface area contributed by atoms with E-state index in [1.165, 1.54) is 0 Å². The van der Waals surface area contributed by atoms with Gasteiger partial charge in [-0.15, -0.1) is 0 Å². The van der Waals surface area contributed by atoms with Crippen LogP contribution in [0.4, 0.5) is 11.4 Å². The van der Waals surface area contributed by atoms with Gasteiger partial charge in [0.15, 0.2) is 0 Å². The molecule has 3 amide bonds. The third-order valence-corrected chi connectivity index (χ3v) is 8.88. The molecule has 220 valence electrons. The molecule has 4 N–H and O–H groups in total. The van der Waals surface area contributed by atoms with Gasteiger partial charge in [0.05, 0.1) is 23.8 Å². The second kappa shape index (κ2) is 13.7. The van der Waals surface area contributed by atoms with Crippen molar-refractivity contribution in [2.45, 2.75) is 51.0 Å². The minimum absolute atomic E-state index is 0.00136. The molecule has 3 unspecified atom stereocenters. The van der Waals surface area contributed by atoms with Gasteiger partial charge in [-0.05, 0) is 85.5 Å². The summed E-state index contributed by atoms with van der Waals surface area (Å²) < 4.78 is 0. The molecule has 0 spiro atoms. The van der Waals surface area contributed by atoms with Crippen molar-refractivity contribution in [1.82, 2.24) is 5.32 Å². The number of carbonyl (C=O) groups excluding carboxylic acids is 3. The Hall–Kier alpha value is -3.39. The van der Waals surface area contributed by atoms with Crippen molar-refractivity contribution in [2.75, 3.05) is 23.3 Å². The lowest BCUT2D eigenvalue weighted by molar-refractivity contribution is -0.119. The topological polar surface area (TPSA) is 105 Å². The van der Waals surface area contributed by atoms with E-state index in [0.717, 1.165) is 31.2 Å². The van der Waals surface area contributed by atoms with Crippen LogP contribution in [-0.2, 0) is 16.0 Å². The number of fused-ring (bicyclic) bond motifs is 1. The van der Waals surface area contributed by atoms with Gasteiger partial charge in [-0.2, -0.15) is 0 Å². The summed E-state index contributed by atoms with van der Waals surface area (Å²) in [6.07, 6.45) is 5.14. The summed E-state index contributed by atoms with van der Waals surface area (Å²) in [7, 11) is 0. The van der Waals surface area contributed by atoms with Crippen LogP contribution in [0.1, 0.15) is 66.1 Å². The molecule has 7 nitrogen and oxygen atoms in total. The Morgan fingerprint density at radius 3 is 2.55 bits per heavy atom. The molecule has 9 heteroatoms. The van der Waals surface area contributed by atoms with Gasteiger partial charge >= 0.3 is 0 Å². The van der Waals surface area contributed by atoms with E-state index in [1.807, 2.05) is 30.3 Å². The summed E-state index contributed by atoms with van der Waals surface area (Å²) in [5.41, 5.74) is 8.89. The van der Waals surface area contributed by atoms with Crippen molar-refractivity contribution in [2.24, 2.45) is 17.6 Å². The highest BCUT2D eigenvalue weighted by atomic mass is 35.5. The summed E-state index contributed by atoms with van der Waals surface area (Å²) in [4.78, 5) is 41.9. The van der Waals surface area contributed by atoms with Gasteiger partial charge in [0.1, 0.15) is 0 Å². The molecule has 3 aromatic carbocycles. The van der Waals surface area contributed by atoms with E-state index in [2.05, 4.69) is 10.6 Å². The van der Waals surface area contributed by atoms with Crippen LogP contribution in [0.25, 0.3) is 0 Å². The number of aryl methyl sites for hydroxylation is 1. The average Bonchev–Trinajstić information content (AvgIpc) is 3.14. The standard InChI is InChI=1S/C33H36Cl2N4O3/c34-25-11-12-26(27(35)17-25)30-18-31(40)38-28-16-24(33(42)37-20-23-8-4-7-22(15-23)19-36)10-13-29(28)39(30)32(41)14-9-21-5-2-1-3-6-21/h1-3,5-6,10-13,16-17,22-23,30H,4,7-9,14-15,18-20,36H2,(H,37,42)(H,38,40). The zero-order valence-corrected chi connectivity index (χ0v) is 25.0. The summed E-state index contributed by atoms with van der Waals surface area (Å²) >= 11 is 12.8. The van der Waals surface area contributed by atoms with Gasteiger partial charge in [-0.25, -0.2) is 0 Å². The van der Waals surface area contributed by atoms with Crippen LogP contribution in [0.2, 0.25) is 10.0 Å². The summed E-state index contributed by atoms with van der Waals surface area (Å²) in [6, 6.07) is 19.3. The fourth-order valence-electron chi connectivity index (χ4n) is 6.11. The van der Waals surface area contributed by atoms with Crippen molar-refractivity contribution in [1.29, 1.82) is 0 Å². The molecule has 1 saturated carbocycles. The molecule has 1 fully saturated rings. The monoisotopic (exact) mass is 606 g/mol. The molecule has 5 rings (SSSR count). The maximum atomic E-state index is 13.9. The number of hydrogen-bond acceptors (Lipinski definition) is 4. The molecular formula is C33H36Cl2N4O3. The molecule has 0 bridgehead atoms. The van der Waals surface area contributed by atoms with E-state index < -0.39 is 6.04 Å². The van der Waals surface area contributed by atoms with Crippen molar-refractivity contribution >= 4 is 52.3 Å². The van der Waals surface area contributed by atoms with Gasteiger partial charge in [0, 0.05) is 28.6 Å². The lowest BCUT2D eigenvalue weighted by Gasteiger charge is -2.31. The fourth-order valence-corrected chi connectivity index (χ4v) is 6.64. The molecule has 1 aliphatic heterocycles. The molecular weight excluding hydrogens is 571 g/mol. The minimum atomic E-state index is -0.652. The number of benzene rings is 3. The minimum Gasteiger partial charge on any atom is -0.352 e. The number of nitrogens with one attached hydrogen (secondary N) is 2. The molecule has 0 aromatic heterocycles. The van der Waals surface area contributed by atoms with Crippen LogP contribution < -0.4 is 21.3 Å². The number of nitrogens with zero attached hydrogens (tertiary/aromatic N) is 1. The second-order valence-corrected chi connectivity index (χ2v) is 12.1. The number of anilines is 2. The lowest BCUT2D eigenvalue weighted by Crippen LogP contribution is -2.35. The maximum absolute atomic E-state index is 13.9. The van der Waals surface area contributed by atoms with E-state index in [-0.39, 0.29) is 30.6 Å². The number of hydrogen-bond donors (Lipinski definition) is 3. The third-order valence-electron chi connectivity index (χ3n) is 8.32. The number of nitrogens with two attached hydrogens (primary N) is 1. The average molecular weight is 608 g/mol. The van der Waals surface area contributed by atoms with Crippen LogP contribution in [-0.4, -0.2) is 30.8 Å². The third kappa shape index (κ3) is 7.14. The van der Waals surface area contributed by atoms with E-state index >= 15 is 0 Å². The predicted octanol–water partition coefficient (Wildman–Crippen LogP) is 6.54. The first-order valence-electron chi connectivity index (χ1n) is 14.6. The van der Waals surface area contributed by atoms with Crippen LogP contribution in [0.5, 0.6) is 0 Å². The highest BCUT2D eigenvalue weighted by molar-refractivity contribution is 6.35. The Labute approximate surface area is 256 Å². The molecule has 1 aliphatic carbocycles. The molecule has 0 saturated heterocycles. The Bertz CT molecular complexity index is 1450. The molecule has 1 heterocycles. The largest absolute Gasteiger partial charge is 0.352 e. The summed E-state index contributed by atoms with van der Waals surface area (Å²) in [5, 5.41) is 6.83. The number of amides is 3. The van der Waals surface area contributed by atoms with E-state index in [1.54, 1.807) is 41.3 Å². The highest BCUT2D eigenvalue weighted by Crippen LogP contribution is 2.41. The number of carbonyl (C=O) groups is 3. The zero-order chi connectivity index (χ0) is 29.6. The quantitative estimate of drug-likeness (QED) is 0.271. The Balaban J connectivity index is 1.43. The van der Waals surface area contributed by atoms with Crippen LogP contribution >= 0.6 is 23.2 Å². The SMILES string of the molecule is NCC1CCCC(CNC(=O)c2ccc3c(c2)NC(=O)CC(c2ccc(Cl)cc2Cl)N3C(=O)CCc2ccccc2)C1. The van der Waals surface area contributed by atoms with Gasteiger partial charge in [0.25, 0.3) is 5.91 Å². The van der Waals surface area contributed by atoms with Crippen molar-refractivity contribution in [3.05, 3.63) is 93.5 Å². The van der Waals surface area contributed by atoms with E-state index in [4.69, 9.17) is 28.9 Å². The van der Waals surface area contributed by atoms with Crippen LogP contribution in [0.15, 0.2) is 66.7 Å². The number of rotatable bonds is 8. The van der Waals surface area contributed by atoms with Crippen molar-refractivity contribution < 1.29 is 14.4 Å². The van der Waals surface area contributed by atoms with Gasteiger partial charge in [-0.3, -0.25) is 14.4 Å². The molecule has 0 radical (unpaired) electrons. The Morgan fingerprint density at radius 2 is 1.79 bits per heavy atom. The van der Waals surface area contributed by atoms with Gasteiger partial charge < -0.3 is 21.3 Å². The molecule has 42 heavy (non-hydrogen) atoms. The smallest absolute Gasteiger partial charge is 0.251 e. The lowest BCUT2D eigenvalue weighted by atomic mass is 9.81. The maximum Gasteiger partial charge on any atom is 0.251 e. The summed E-state index contributed by atoms with van der Waals surface area (Å²) in [6.45, 7) is 1.26. The van der Waals surface area contributed by atoms with Crippen molar-refractivity contribution in [3.8, 4) is 0 Å². The van der Waals surface area contributed by atoms with E-state index in [9.17, 15) is 14.4 Å². The predicted molar refractivity (Wildman–Crippen MR) is 168 cm³/mol. The van der Waals surface area contributed by atoms with Crippen molar-refractivity contribution in [3.63, 3.8) is 0 Å². The first-order chi connectivity index (χ1) is 20.3. The fraction of sp³-hybridized carbons (Fsp3) is 0.364. The molecule has 3 aromatic rings. The first-order valence-corrected chi connectivity index (χ1v) is 15.3. The first kappa shape index (κ1) is 30.1. The van der Waals surface area contributed by atoms with Gasteiger partial charge in [0.2, 0.25) is 11.8 Å². The number of halogens is 2. The van der Waals surface area contributed by atoms with E-state index in [0.29, 0.717) is 63.9 Å². The van der Waals surface area contributed by atoms with Crippen LogP contribution in [0, 0.1) is 11.8 Å². The Kier molecular flexibility index (Phi) is 9.83. The molecule has 3 atom stereocenters. The highest BCUT2D eigenvalue weighted by Gasteiger charge is 2.35. The molecule has 2 aliphatic rings. The zero-order valence-electron chi connectivity index (χ0n) is 23.5. The normalized spacial score (nSPS) is 20.3. The van der Waals surface area contributed by atoms with Crippen LogP contribution in [0.3, 0.4) is 0 Å². The summed E-state index contributed by atoms with van der Waals surface area (Å²) in [5.74, 6) is 0.260. The Morgan fingerprint density at radius 1 is 1.00 bits per heavy atom. The van der Waals surface area contributed by atoms with Gasteiger partial charge in [-0.1, -0.05) is 66.0 Å².